The van der Waals surface area contributed by atoms with Crippen molar-refractivity contribution in [1.82, 2.24) is 5.32 Å². The van der Waals surface area contributed by atoms with E-state index >= 15 is 0 Å². The van der Waals surface area contributed by atoms with E-state index in [4.69, 9.17) is 9.84 Å². The zero-order valence-corrected chi connectivity index (χ0v) is 15.5. The normalized spacial score (nSPS) is 40.6. The van der Waals surface area contributed by atoms with Crippen molar-refractivity contribution in [3.63, 3.8) is 0 Å². The fraction of sp³-hybridized carbons (Fsp3) is 0.933. The standard InChI is InChI=1S/C15H27NO11S/c17-1-5(19)7(13-11(23)10(22)8(20)6(2-18)27-13)9(21)12(24)14-16-4(3-28-14)15(25)26/h4-14,16-24H,1-3H2,(H,25,26)/t4-,5-,6+,7+,8+,9+,10-,11+,12+,13-,14-/m0/s1. The predicted octanol–water partition coefficient (Wildman–Crippen LogP) is -5.36. The molecule has 2 aliphatic rings. The summed E-state index contributed by atoms with van der Waals surface area (Å²) in [6, 6.07) is -0.953. The number of aliphatic carboxylic acids is 1. The first-order valence-corrected chi connectivity index (χ1v) is 9.74. The maximum absolute atomic E-state index is 11.0. The highest BCUT2D eigenvalue weighted by atomic mass is 32.2. The Morgan fingerprint density at radius 1 is 1.11 bits per heavy atom. The van der Waals surface area contributed by atoms with Gasteiger partial charge in [-0.15, -0.1) is 11.8 Å². The highest BCUT2D eigenvalue weighted by Crippen LogP contribution is 2.33. The topological polar surface area (TPSA) is 220 Å². The molecule has 13 heteroatoms. The molecule has 0 bridgehead atoms. The number of aliphatic hydroxyl groups excluding tert-OH is 8. The molecular formula is C15H27NO11S. The van der Waals surface area contributed by atoms with Gasteiger partial charge in [0.2, 0.25) is 0 Å². The first-order valence-electron chi connectivity index (χ1n) is 8.70. The molecule has 12 nitrogen and oxygen atoms in total. The third-order valence-corrected chi connectivity index (χ3v) is 6.40. The van der Waals surface area contributed by atoms with Crippen LogP contribution in [0.3, 0.4) is 0 Å². The molecule has 0 saturated carbocycles. The quantitative estimate of drug-likeness (QED) is 0.174. The van der Waals surface area contributed by atoms with Gasteiger partial charge in [-0.2, -0.15) is 0 Å². The van der Waals surface area contributed by atoms with Crippen molar-refractivity contribution in [1.29, 1.82) is 0 Å². The van der Waals surface area contributed by atoms with Gasteiger partial charge in [-0.3, -0.25) is 10.1 Å². The second kappa shape index (κ2) is 9.95. The molecule has 164 valence electrons. The summed E-state index contributed by atoms with van der Waals surface area (Å²) in [5.74, 6) is -2.55. The minimum Gasteiger partial charge on any atom is -0.480 e. The average Bonchev–Trinajstić information content (AvgIpc) is 3.17. The Bertz CT molecular complexity index is 526. The van der Waals surface area contributed by atoms with Crippen LogP contribution in [0, 0.1) is 5.92 Å². The number of rotatable bonds is 8. The Morgan fingerprint density at radius 3 is 2.25 bits per heavy atom. The van der Waals surface area contributed by atoms with Crippen LogP contribution in [-0.4, -0.2) is 131 Å². The summed E-state index contributed by atoms with van der Waals surface area (Å²) in [6.45, 7) is -1.62. The van der Waals surface area contributed by atoms with E-state index in [2.05, 4.69) is 5.32 Å². The van der Waals surface area contributed by atoms with Crippen LogP contribution in [0.15, 0.2) is 0 Å². The lowest BCUT2D eigenvalue weighted by molar-refractivity contribution is -0.261. The Balaban J connectivity index is 2.21. The lowest BCUT2D eigenvalue weighted by atomic mass is 9.80. The second-order valence-corrected chi connectivity index (χ2v) is 8.09. The largest absolute Gasteiger partial charge is 0.480 e. The fourth-order valence-electron chi connectivity index (χ4n) is 3.45. The van der Waals surface area contributed by atoms with Crippen LogP contribution < -0.4 is 5.32 Å². The van der Waals surface area contributed by atoms with E-state index in [1.807, 2.05) is 0 Å². The van der Waals surface area contributed by atoms with Crippen LogP contribution >= 0.6 is 11.8 Å². The molecule has 2 heterocycles. The zero-order chi connectivity index (χ0) is 21.2. The first kappa shape index (κ1) is 23.7. The van der Waals surface area contributed by atoms with Crippen LogP contribution in [0.4, 0.5) is 0 Å². The second-order valence-electron chi connectivity index (χ2n) is 6.91. The number of nitrogens with one attached hydrogen (secondary N) is 1. The lowest BCUT2D eigenvalue weighted by Crippen LogP contribution is -2.64. The molecule has 28 heavy (non-hydrogen) atoms. The monoisotopic (exact) mass is 429 g/mol. The minimum absolute atomic E-state index is 0.122. The number of carboxylic acids is 1. The molecule has 0 radical (unpaired) electrons. The summed E-state index contributed by atoms with van der Waals surface area (Å²) in [6.07, 6.45) is -13.2. The van der Waals surface area contributed by atoms with Crippen LogP contribution in [-0.2, 0) is 9.53 Å². The predicted molar refractivity (Wildman–Crippen MR) is 93.2 cm³/mol. The van der Waals surface area contributed by atoms with Gasteiger partial charge in [0.05, 0.1) is 36.9 Å². The van der Waals surface area contributed by atoms with Crippen molar-refractivity contribution in [2.45, 2.75) is 60.2 Å². The van der Waals surface area contributed by atoms with Crippen molar-refractivity contribution in [2.24, 2.45) is 5.92 Å². The molecule has 0 spiro atoms. The van der Waals surface area contributed by atoms with E-state index in [1.54, 1.807) is 0 Å². The van der Waals surface area contributed by atoms with E-state index in [-0.39, 0.29) is 5.75 Å². The number of carboxylic acid groups (broad SMARTS) is 1. The summed E-state index contributed by atoms with van der Waals surface area (Å²) in [4.78, 5) is 11.0. The highest BCUT2D eigenvalue weighted by Gasteiger charge is 2.52. The number of hydrogen-bond acceptors (Lipinski definition) is 12. The van der Waals surface area contributed by atoms with E-state index in [1.165, 1.54) is 0 Å². The third-order valence-electron chi connectivity index (χ3n) is 5.10. The van der Waals surface area contributed by atoms with Gasteiger partial charge in [0.15, 0.2) is 0 Å². The van der Waals surface area contributed by atoms with Gasteiger partial charge in [-0.1, -0.05) is 0 Å². The highest BCUT2D eigenvalue weighted by molar-refractivity contribution is 8.00. The van der Waals surface area contributed by atoms with Crippen molar-refractivity contribution in [3.05, 3.63) is 0 Å². The van der Waals surface area contributed by atoms with Gasteiger partial charge in [0.25, 0.3) is 0 Å². The molecule has 0 aliphatic carbocycles. The summed E-state index contributed by atoms with van der Waals surface area (Å²) in [7, 11) is 0. The number of thioether (sulfide) groups is 1. The Hall–Kier alpha value is -0.580. The van der Waals surface area contributed by atoms with Crippen molar-refractivity contribution in [3.8, 4) is 0 Å². The average molecular weight is 429 g/mol. The molecule has 0 aromatic heterocycles. The maximum atomic E-state index is 11.0. The summed E-state index contributed by atoms with van der Waals surface area (Å²) < 4.78 is 5.34. The van der Waals surface area contributed by atoms with E-state index in [9.17, 15) is 45.6 Å². The van der Waals surface area contributed by atoms with Gasteiger partial charge < -0.3 is 50.7 Å². The molecule has 2 aliphatic heterocycles. The number of hydrogen-bond donors (Lipinski definition) is 10. The molecule has 0 aromatic rings. The third kappa shape index (κ3) is 4.76. The Morgan fingerprint density at radius 2 is 1.75 bits per heavy atom. The Kier molecular flexibility index (Phi) is 8.42. The lowest BCUT2D eigenvalue weighted by Gasteiger charge is -2.46. The molecule has 2 saturated heterocycles. The van der Waals surface area contributed by atoms with Gasteiger partial charge >= 0.3 is 5.97 Å². The van der Waals surface area contributed by atoms with Crippen LogP contribution in [0.2, 0.25) is 0 Å². The van der Waals surface area contributed by atoms with Crippen LogP contribution in [0.1, 0.15) is 0 Å². The smallest absolute Gasteiger partial charge is 0.321 e. The van der Waals surface area contributed by atoms with Crippen LogP contribution in [0.5, 0.6) is 0 Å². The van der Waals surface area contributed by atoms with Crippen molar-refractivity contribution < 1.29 is 55.5 Å². The zero-order valence-electron chi connectivity index (χ0n) is 14.7. The van der Waals surface area contributed by atoms with E-state index < -0.39 is 85.3 Å². The summed E-state index contributed by atoms with van der Waals surface area (Å²) in [5.41, 5.74) is 0. The molecule has 2 rings (SSSR count). The fourth-order valence-corrected chi connectivity index (χ4v) is 4.71. The number of ether oxygens (including phenoxy) is 1. The first-order chi connectivity index (χ1) is 13.1. The van der Waals surface area contributed by atoms with Crippen molar-refractivity contribution in [2.75, 3.05) is 19.0 Å². The van der Waals surface area contributed by atoms with Crippen LogP contribution in [0.25, 0.3) is 0 Å². The molecular weight excluding hydrogens is 402 g/mol. The van der Waals surface area contributed by atoms with Gasteiger partial charge in [-0.05, 0) is 0 Å². The van der Waals surface area contributed by atoms with E-state index in [0.717, 1.165) is 11.8 Å². The molecule has 0 amide bonds. The molecule has 2 fully saturated rings. The minimum atomic E-state index is -1.82. The molecule has 11 atom stereocenters. The van der Waals surface area contributed by atoms with Gasteiger partial charge in [0, 0.05) is 11.7 Å². The van der Waals surface area contributed by atoms with Gasteiger partial charge in [-0.25, -0.2) is 0 Å². The Labute approximate surface area is 164 Å². The van der Waals surface area contributed by atoms with Crippen molar-refractivity contribution >= 4 is 17.7 Å². The molecule has 0 unspecified atom stereocenters. The number of carbonyl (C=O) groups is 1. The molecule has 10 N–H and O–H groups in total. The number of aliphatic hydroxyl groups is 8. The summed E-state index contributed by atoms with van der Waals surface area (Å²) >= 11 is 1.03. The van der Waals surface area contributed by atoms with Gasteiger partial charge in [0.1, 0.15) is 36.6 Å². The molecule has 0 aromatic carbocycles. The van der Waals surface area contributed by atoms with E-state index in [0.29, 0.717) is 0 Å². The summed E-state index contributed by atoms with van der Waals surface area (Å²) in [5, 5.41) is 90.6. The maximum Gasteiger partial charge on any atom is 0.321 e. The SMILES string of the molecule is O=C(O)[C@@H]1CS[C@@H]([C@H](O)[C@H](O)[C@H]([C@@H]2O[C@H](CO)[C@@H](O)[C@H](O)[C@H]2O)[C@@H](O)CO)N1.